The van der Waals surface area contributed by atoms with Gasteiger partial charge in [-0.05, 0) is 13.0 Å². The van der Waals surface area contributed by atoms with Gasteiger partial charge in [0.25, 0.3) is 0 Å². The number of pyridine rings is 1. The fourth-order valence-electron chi connectivity index (χ4n) is 3.26. The molecule has 0 aliphatic carbocycles. The summed E-state index contributed by atoms with van der Waals surface area (Å²) in [6.45, 7) is 3.77. The van der Waals surface area contributed by atoms with Crippen molar-refractivity contribution < 1.29 is 9.53 Å². The van der Waals surface area contributed by atoms with Crippen LogP contribution in [0.4, 0.5) is 16.3 Å². The zero-order valence-corrected chi connectivity index (χ0v) is 16.2. The van der Waals surface area contributed by atoms with E-state index >= 15 is 0 Å². The van der Waals surface area contributed by atoms with Crippen molar-refractivity contribution in [3.05, 3.63) is 36.0 Å². The summed E-state index contributed by atoms with van der Waals surface area (Å²) in [5, 5.41) is 11.2. The molecule has 1 aliphatic rings. The van der Waals surface area contributed by atoms with Gasteiger partial charge in [0.15, 0.2) is 5.82 Å². The molecule has 1 fully saturated rings. The summed E-state index contributed by atoms with van der Waals surface area (Å²) in [7, 11) is 1.50. The zero-order valence-electron chi connectivity index (χ0n) is 15.4. The Morgan fingerprint density at radius 2 is 2.21 bits per heavy atom. The fourth-order valence-corrected chi connectivity index (χ4v) is 3.46. The predicted molar refractivity (Wildman–Crippen MR) is 104 cm³/mol. The molecule has 1 aliphatic heterocycles. The number of rotatable bonds is 3. The van der Waals surface area contributed by atoms with E-state index in [-0.39, 0.29) is 17.2 Å². The first-order valence-corrected chi connectivity index (χ1v) is 9.11. The number of nitrogens with zero attached hydrogens (tertiary/aromatic N) is 7. The number of hydrogen-bond donors (Lipinski definition) is 1. The second-order valence-electron chi connectivity index (χ2n) is 6.45. The first kappa shape index (κ1) is 18.2. The Hall–Kier alpha value is -3.14. The lowest BCUT2D eigenvalue weighted by Gasteiger charge is -2.40. The molecular formula is C17H19ClN8O2. The molecule has 10 nitrogen and oxygen atoms in total. The molecule has 28 heavy (non-hydrogen) atoms. The number of nitrogens with one attached hydrogen (secondary N) is 1. The molecule has 4 rings (SSSR count). The van der Waals surface area contributed by atoms with E-state index in [1.165, 1.54) is 7.11 Å². The van der Waals surface area contributed by atoms with Gasteiger partial charge in [0.05, 0.1) is 12.8 Å². The maximum atomic E-state index is 12.7. The molecule has 3 aromatic rings. The third-order valence-electron chi connectivity index (χ3n) is 4.61. The van der Waals surface area contributed by atoms with Crippen LogP contribution in [0.5, 0.6) is 5.88 Å². The van der Waals surface area contributed by atoms with Gasteiger partial charge in [0.2, 0.25) is 11.5 Å². The van der Waals surface area contributed by atoms with Crippen LogP contribution in [-0.2, 0) is 0 Å². The Kier molecular flexibility index (Phi) is 4.86. The summed E-state index contributed by atoms with van der Waals surface area (Å²) < 4.78 is 6.91. The minimum absolute atomic E-state index is 0.0606. The Morgan fingerprint density at radius 1 is 1.36 bits per heavy atom. The number of amides is 2. The van der Waals surface area contributed by atoms with Gasteiger partial charge in [-0.1, -0.05) is 11.6 Å². The van der Waals surface area contributed by atoms with Crippen molar-refractivity contribution in [2.45, 2.75) is 13.0 Å². The van der Waals surface area contributed by atoms with Gasteiger partial charge in [-0.15, -0.1) is 10.2 Å². The van der Waals surface area contributed by atoms with Crippen LogP contribution in [0.15, 0.2) is 30.9 Å². The van der Waals surface area contributed by atoms with Gasteiger partial charge in [0, 0.05) is 44.1 Å². The number of carbonyl (C=O) groups is 1. The van der Waals surface area contributed by atoms with Crippen LogP contribution in [0.2, 0.25) is 5.15 Å². The number of ether oxygens (including phenoxy) is 1. The Morgan fingerprint density at radius 3 is 3.00 bits per heavy atom. The lowest BCUT2D eigenvalue weighted by molar-refractivity contribution is 0.200. The van der Waals surface area contributed by atoms with E-state index in [1.54, 1.807) is 35.8 Å². The highest BCUT2D eigenvalue weighted by Crippen LogP contribution is 2.23. The molecule has 146 valence electrons. The molecule has 2 amide bonds. The maximum absolute atomic E-state index is 12.7. The van der Waals surface area contributed by atoms with E-state index < -0.39 is 0 Å². The highest BCUT2D eigenvalue weighted by atomic mass is 35.5. The number of hydrogen-bond acceptors (Lipinski definition) is 7. The summed E-state index contributed by atoms with van der Waals surface area (Å²) >= 11 is 5.96. The van der Waals surface area contributed by atoms with E-state index in [0.717, 1.165) is 5.82 Å². The monoisotopic (exact) mass is 402 g/mol. The Bertz CT molecular complexity index is 1010. The number of methoxy groups -OCH3 is 1. The molecule has 4 heterocycles. The second kappa shape index (κ2) is 7.47. The van der Waals surface area contributed by atoms with Gasteiger partial charge < -0.3 is 19.9 Å². The standard InChI is InChI=1S/C17H19ClN8O2/c1-11-9-24(17(27)21-12-7-13(18)22-14(8-12)28-2)5-6-26(11)15-16-23-20-10-25(16)4-3-19-15/h3-4,7-8,10-11H,5-6,9H2,1-2H3,(H,21,22,27). The maximum Gasteiger partial charge on any atom is 0.321 e. The summed E-state index contributed by atoms with van der Waals surface area (Å²) in [6, 6.07) is 3.06. The molecule has 0 aromatic carbocycles. The van der Waals surface area contributed by atoms with Gasteiger partial charge >= 0.3 is 6.03 Å². The topological polar surface area (TPSA) is 101 Å². The molecule has 0 saturated carbocycles. The van der Waals surface area contributed by atoms with Crippen LogP contribution in [0, 0.1) is 0 Å². The van der Waals surface area contributed by atoms with Crippen LogP contribution in [0.3, 0.4) is 0 Å². The number of anilines is 2. The third-order valence-corrected chi connectivity index (χ3v) is 4.81. The van der Waals surface area contributed by atoms with Crippen LogP contribution >= 0.6 is 11.6 Å². The molecule has 0 spiro atoms. The highest BCUT2D eigenvalue weighted by Gasteiger charge is 2.29. The number of halogens is 1. The molecule has 1 saturated heterocycles. The van der Waals surface area contributed by atoms with Crippen molar-refractivity contribution in [2.24, 2.45) is 0 Å². The van der Waals surface area contributed by atoms with Crippen molar-refractivity contribution in [3.63, 3.8) is 0 Å². The molecule has 0 radical (unpaired) electrons. The van der Waals surface area contributed by atoms with Gasteiger partial charge in [-0.3, -0.25) is 4.40 Å². The van der Waals surface area contributed by atoms with Crippen molar-refractivity contribution >= 4 is 34.8 Å². The molecular weight excluding hydrogens is 384 g/mol. The SMILES string of the molecule is COc1cc(NC(=O)N2CCN(c3nccn4cnnc34)C(C)C2)cc(Cl)n1. The first-order valence-electron chi connectivity index (χ1n) is 8.73. The molecule has 11 heteroatoms. The number of aromatic nitrogens is 5. The lowest BCUT2D eigenvalue weighted by Crippen LogP contribution is -2.55. The molecule has 1 N–H and O–H groups in total. The van der Waals surface area contributed by atoms with Crippen LogP contribution in [-0.4, -0.2) is 68.3 Å². The summed E-state index contributed by atoms with van der Waals surface area (Å²) in [5.41, 5.74) is 1.23. The zero-order chi connectivity index (χ0) is 19.7. The number of carbonyl (C=O) groups excluding carboxylic acids is 1. The average molecular weight is 403 g/mol. The van der Waals surface area contributed by atoms with E-state index in [1.807, 2.05) is 11.3 Å². The molecule has 1 unspecified atom stereocenters. The molecule has 3 aromatic heterocycles. The average Bonchev–Trinajstić information content (AvgIpc) is 3.16. The van der Waals surface area contributed by atoms with E-state index in [0.29, 0.717) is 36.8 Å². The van der Waals surface area contributed by atoms with E-state index in [9.17, 15) is 4.79 Å². The normalized spacial score (nSPS) is 17.0. The third kappa shape index (κ3) is 3.50. The van der Waals surface area contributed by atoms with Gasteiger partial charge in [0.1, 0.15) is 11.5 Å². The molecule has 1 atom stereocenters. The van der Waals surface area contributed by atoms with Crippen LogP contribution < -0.4 is 15.0 Å². The van der Waals surface area contributed by atoms with Crippen molar-refractivity contribution in [1.82, 2.24) is 29.5 Å². The van der Waals surface area contributed by atoms with Crippen LogP contribution in [0.1, 0.15) is 6.92 Å². The summed E-state index contributed by atoms with van der Waals surface area (Å²) in [6.07, 6.45) is 5.17. The second-order valence-corrected chi connectivity index (χ2v) is 6.84. The van der Waals surface area contributed by atoms with Crippen molar-refractivity contribution in [1.29, 1.82) is 0 Å². The number of piperazine rings is 1. The van der Waals surface area contributed by atoms with Crippen LogP contribution in [0.25, 0.3) is 5.65 Å². The molecule has 0 bridgehead atoms. The Balaban J connectivity index is 1.46. The fraction of sp³-hybridized carbons (Fsp3) is 0.353. The highest BCUT2D eigenvalue weighted by molar-refractivity contribution is 6.29. The quantitative estimate of drug-likeness (QED) is 0.668. The summed E-state index contributed by atoms with van der Waals surface area (Å²) in [5.74, 6) is 1.10. The lowest BCUT2D eigenvalue weighted by atomic mass is 10.2. The number of urea groups is 1. The van der Waals surface area contributed by atoms with E-state index in [2.05, 4.69) is 30.4 Å². The van der Waals surface area contributed by atoms with Gasteiger partial charge in [-0.2, -0.15) is 0 Å². The number of fused-ring (bicyclic) bond motifs is 1. The van der Waals surface area contributed by atoms with E-state index in [4.69, 9.17) is 16.3 Å². The summed E-state index contributed by atoms with van der Waals surface area (Å²) in [4.78, 5) is 25.1. The van der Waals surface area contributed by atoms with Gasteiger partial charge in [-0.25, -0.2) is 14.8 Å². The van der Waals surface area contributed by atoms with Crippen molar-refractivity contribution in [2.75, 3.05) is 37.0 Å². The Labute approximate surface area is 166 Å². The minimum atomic E-state index is -0.204. The smallest absolute Gasteiger partial charge is 0.321 e. The minimum Gasteiger partial charge on any atom is -0.481 e. The van der Waals surface area contributed by atoms with Crippen molar-refractivity contribution in [3.8, 4) is 5.88 Å². The predicted octanol–water partition coefficient (Wildman–Crippen LogP) is 1.92. The largest absolute Gasteiger partial charge is 0.481 e. The first-order chi connectivity index (χ1) is 13.5.